The van der Waals surface area contributed by atoms with Crippen molar-refractivity contribution in [2.24, 2.45) is 0 Å². The summed E-state index contributed by atoms with van der Waals surface area (Å²) in [6.45, 7) is 7.27. The van der Waals surface area contributed by atoms with Gasteiger partial charge in [0.25, 0.3) is 0 Å². The van der Waals surface area contributed by atoms with Crippen molar-refractivity contribution in [2.75, 3.05) is 0 Å². The third-order valence-electron chi connectivity index (χ3n) is 2.31. The first-order valence-electron chi connectivity index (χ1n) is 6.17. The van der Waals surface area contributed by atoms with Crippen LogP contribution in [0.4, 0.5) is 4.79 Å². The predicted molar refractivity (Wildman–Crippen MR) is 71.8 cm³/mol. The number of nitrogens with zero attached hydrogens (tertiary/aromatic N) is 1. The fourth-order valence-electron chi connectivity index (χ4n) is 1.49. The number of aldehydes is 1. The second-order valence-electron chi connectivity index (χ2n) is 5.36. The zero-order valence-electron chi connectivity index (χ0n) is 11.8. The van der Waals surface area contributed by atoms with Crippen LogP contribution in [0.25, 0.3) is 0 Å². The molecule has 1 aromatic rings. The predicted octanol–water partition coefficient (Wildman–Crippen LogP) is 2.54. The van der Waals surface area contributed by atoms with E-state index in [4.69, 9.17) is 4.74 Å². The summed E-state index contributed by atoms with van der Waals surface area (Å²) in [6, 6.07) is 3.21. The van der Waals surface area contributed by atoms with E-state index >= 15 is 0 Å². The first-order chi connectivity index (χ1) is 8.81. The van der Waals surface area contributed by atoms with E-state index in [2.05, 4.69) is 10.3 Å². The SMILES string of the molecule is Cc1ccc([C@H](CC=O)NC(=O)OC(C)(C)C)nc1. The smallest absolute Gasteiger partial charge is 0.408 e. The van der Waals surface area contributed by atoms with Crippen molar-refractivity contribution in [1.29, 1.82) is 0 Å². The van der Waals surface area contributed by atoms with Crippen LogP contribution in [0.3, 0.4) is 0 Å². The van der Waals surface area contributed by atoms with E-state index in [1.54, 1.807) is 33.0 Å². The lowest BCUT2D eigenvalue weighted by Crippen LogP contribution is -2.35. The molecule has 1 rings (SSSR count). The van der Waals surface area contributed by atoms with Crippen LogP contribution < -0.4 is 5.32 Å². The highest BCUT2D eigenvalue weighted by Gasteiger charge is 2.20. The number of amides is 1. The Balaban J connectivity index is 2.75. The van der Waals surface area contributed by atoms with E-state index in [0.717, 1.165) is 11.8 Å². The van der Waals surface area contributed by atoms with E-state index in [1.165, 1.54) is 0 Å². The van der Waals surface area contributed by atoms with Crippen LogP contribution in [0, 0.1) is 6.92 Å². The van der Waals surface area contributed by atoms with E-state index in [0.29, 0.717) is 5.69 Å². The zero-order valence-corrected chi connectivity index (χ0v) is 11.8. The third-order valence-corrected chi connectivity index (χ3v) is 2.31. The quantitative estimate of drug-likeness (QED) is 0.848. The molecule has 5 heteroatoms. The Hall–Kier alpha value is -1.91. The summed E-state index contributed by atoms with van der Waals surface area (Å²) in [5.74, 6) is 0. The summed E-state index contributed by atoms with van der Waals surface area (Å²) < 4.78 is 5.17. The normalized spacial score (nSPS) is 12.6. The van der Waals surface area contributed by atoms with Crippen LogP contribution in [-0.2, 0) is 9.53 Å². The molecule has 0 saturated heterocycles. The second-order valence-corrected chi connectivity index (χ2v) is 5.36. The lowest BCUT2D eigenvalue weighted by Gasteiger charge is -2.22. The van der Waals surface area contributed by atoms with Gasteiger partial charge in [0, 0.05) is 12.6 Å². The summed E-state index contributed by atoms with van der Waals surface area (Å²) in [6.07, 6.45) is 2.06. The van der Waals surface area contributed by atoms with Crippen molar-refractivity contribution in [3.63, 3.8) is 0 Å². The minimum absolute atomic E-state index is 0.162. The molecule has 0 unspecified atom stereocenters. The van der Waals surface area contributed by atoms with E-state index < -0.39 is 17.7 Å². The van der Waals surface area contributed by atoms with Gasteiger partial charge in [0.05, 0.1) is 11.7 Å². The number of pyridine rings is 1. The van der Waals surface area contributed by atoms with E-state index in [1.807, 2.05) is 13.0 Å². The van der Waals surface area contributed by atoms with Crippen molar-refractivity contribution < 1.29 is 14.3 Å². The van der Waals surface area contributed by atoms with Gasteiger partial charge in [0.1, 0.15) is 11.9 Å². The molecule has 0 spiro atoms. The largest absolute Gasteiger partial charge is 0.444 e. The fraction of sp³-hybridized carbons (Fsp3) is 0.500. The number of hydrogen-bond acceptors (Lipinski definition) is 4. The van der Waals surface area contributed by atoms with Gasteiger partial charge in [0.2, 0.25) is 0 Å². The third kappa shape index (κ3) is 5.50. The molecule has 1 amide bonds. The summed E-state index contributed by atoms with van der Waals surface area (Å²) in [5.41, 5.74) is 1.09. The molecule has 0 aliphatic rings. The Morgan fingerprint density at radius 2 is 2.16 bits per heavy atom. The molecule has 1 N–H and O–H groups in total. The maximum absolute atomic E-state index is 11.7. The number of carbonyl (C=O) groups excluding carboxylic acids is 2. The number of rotatable bonds is 4. The zero-order chi connectivity index (χ0) is 14.5. The summed E-state index contributed by atoms with van der Waals surface area (Å²) >= 11 is 0. The van der Waals surface area contributed by atoms with Crippen LogP contribution in [-0.4, -0.2) is 23.0 Å². The molecule has 0 aromatic carbocycles. The average molecular weight is 264 g/mol. The first-order valence-corrected chi connectivity index (χ1v) is 6.17. The van der Waals surface area contributed by atoms with Crippen LogP contribution in [0.5, 0.6) is 0 Å². The molecule has 0 radical (unpaired) electrons. The second kappa shape index (κ2) is 6.31. The Bertz CT molecular complexity index is 435. The van der Waals surface area contributed by atoms with Gasteiger partial charge in [-0.1, -0.05) is 6.07 Å². The molecule has 19 heavy (non-hydrogen) atoms. The molecule has 0 aliphatic heterocycles. The van der Waals surface area contributed by atoms with Gasteiger partial charge in [-0.3, -0.25) is 4.98 Å². The molecule has 104 valence electrons. The lowest BCUT2D eigenvalue weighted by atomic mass is 10.1. The van der Waals surface area contributed by atoms with Gasteiger partial charge in [-0.2, -0.15) is 0 Å². The molecule has 0 fully saturated rings. The summed E-state index contributed by atoms with van der Waals surface area (Å²) in [5, 5.41) is 2.66. The van der Waals surface area contributed by atoms with Gasteiger partial charge in [-0.25, -0.2) is 4.79 Å². The molecular weight excluding hydrogens is 244 g/mol. The number of carbonyl (C=O) groups is 2. The molecule has 0 saturated carbocycles. The highest BCUT2D eigenvalue weighted by Crippen LogP contribution is 2.15. The number of ether oxygens (including phenoxy) is 1. The van der Waals surface area contributed by atoms with Gasteiger partial charge >= 0.3 is 6.09 Å². The molecule has 1 atom stereocenters. The minimum atomic E-state index is -0.573. The fourth-order valence-corrected chi connectivity index (χ4v) is 1.49. The topological polar surface area (TPSA) is 68.3 Å². The Morgan fingerprint density at radius 1 is 1.47 bits per heavy atom. The van der Waals surface area contributed by atoms with Gasteiger partial charge in [-0.05, 0) is 39.3 Å². The number of alkyl carbamates (subject to hydrolysis) is 1. The number of hydrogen-bond donors (Lipinski definition) is 1. The standard InChI is InChI=1S/C14H20N2O3/c1-10-5-6-11(15-9-10)12(7-8-17)16-13(18)19-14(2,3)4/h5-6,8-9,12H,7H2,1-4H3,(H,16,18)/t12-/m0/s1. The molecule has 5 nitrogen and oxygen atoms in total. The van der Waals surface area contributed by atoms with Crippen LogP contribution in [0.2, 0.25) is 0 Å². The monoisotopic (exact) mass is 264 g/mol. The average Bonchev–Trinajstić information content (AvgIpc) is 2.27. The van der Waals surface area contributed by atoms with Crippen LogP contribution >= 0.6 is 0 Å². The highest BCUT2D eigenvalue weighted by molar-refractivity contribution is 5.69. The molecule has 0 aliphatic carbocycles. The molecular formula is C14H20N2O3. The summed E-state index contributed by atoms with van der Waals surface area (Å²) in [4.78, 5) is 26.6. The van der Waals surface area contributed by atoms with Crippen LogP contribution in [0.15, 0.2) is 18.3 Å². The van der Waals surface area contributed by atoms with Gasteiger partial charge < -0.3 is 14.8 Å². The van der Waals surface area contributed by atoms with Crippen molar-refractivity contribution >= 4 is 12.4 Å². The van der Waals surface area contributed by atoms with Crippen molar-refractivity contribution in [2.45, 2.75) is 45.8 Å². The Labute approximate surface area is 113 Å². The maximum Gasteiger partial charge on any atom is 0.408 e. The number of aromatic nitrogens is 1. The molecule has 1 aromatic heterocycles. The highest BCUT2D eigenvalue weighted by atomic mass is 16.6. The van der Waals surface area contributed by atoms with E-state index in [-0.39, 0.29) is 6.42 Å². The number of nitrogens with one attached hydrogen (secondary N) is 1. The first kappa shape index (κ1) is 15.1. The van der Waals surface area contributed by atoms with Crippen molar-refractivity contribution in [3.05, 3.63) is 29.6 Å². The Kier molecular flexibility index (Phi) is 5.03. The van der Waals surface area contributed by atoms with Gasteiger partial charge in [-0.15, -0.1) is 0 Å². The maximum atomic E-state index is 11.7. The van der Waals surface area contributed by atoms with E-state index in [9.17, 15) is 9.59 Å². The summed E-state index contributed by atoms with van der Waals surface area (Å²) in [7, 11) is 0. The lowest BCUT2D eigenvalue weighted by molar-refractivity contribution is -0.108. The number of aryl methyl sites for hydroxylation is 1. The van der Waals surface area contributed by atoms with Gasteiger partial charge in [0.15, 0.2) is 0 Å². The molecule has 1 heterocycles. The van der Waals surface area contributed by atoms with Crippen molar-refractivity contribution in [3.8, 4) is 0 Å². The molecule has 0 bridgehead atoms. The van der Waals surface area contributed by atoms with Crippen molar-refractivity contribution in [1.82, 2.24) is 10.3 Å². The Morgan fingerprint density at radius 3 is 2.63 bits per heavy atom. The van der Waals surface area contributed by atoms with Crippen LogP contribution in [0.1, 0.15) is 44.5 Å². The minimum Gasteiger partial charge on any atom is -0.444 e.